The van der Waals surface area contributed by atoms with Gasteiger partial charge in [0, 0.05) is 5.69 Å². The highest BCUT2D eigenvalue weighted by Crippen LogP contribution is 2.16. The molecule has 1 aromatic heterocycles. The average molecular weight is 196 g/mol. The Morgan fingerprint density at radius 1 is 1.43 bits per heavy atom. The second-order valence-electron chi connectivity index (χ2n) is 3.29. The lowest BCUT2D eigenvalue weighted by atomic mass is 10.1. The highest BCUT2D eigenvalue weighted by molar-refractivity contribution is 5.12. The van der Waals surface area contributed by atoms with Crippen LogP contribution in [0.2, 0.25) is 0 Å². The summed E-state index contributed by atoms with van der Waals surface area (Å²) in [6.07, 6.45) is -1.41. The van der Waals surface area contributed by atoms with Gasteiger partial charge >= 0.3 is 0 Å². The topological polar surface area (TPSA) is 79.4 Å². The third-order valence-corrected chi connectivity index (χ3v) is 2.04. The summed E-state index contributed by atoms with van der Waals surface area (Å²) in [5.41, 5.74) is 6.60. The maximum atomic E-state index is 9.68. The third-order valence-electron chi connectivity index (χ3n) is 2.04. The van der Waals surface area contributed by atoms with Crippen LogP contribution in [0.25, 0.3) is 0 Å². The number of aliphatic hydroxyl groups excluding tert-OH is 2. The van der Waals surface area contributed by atoms with E-state index in [1.165, 1.54) is 0 Å². The van der Waals surface area contributed by atoms with Crippen LogP contribution in [-0.2, 0) is 0 Å². The van der Waals surface area contributed by atoms with Crippen LogP contribution in [0.5, 0.6) is 0 Å². The molecule has 0 aliphatic rings. The molecule has 1 aromatic rings. The van der Waals surface area contributed by atoms with Crippen LogP contribution >= 0.6 is 0 Å². The molecule has 2 atom stereocenters. The molecule has 0 bridgehead atoms. The molecule has 0 amide bonds. The van der Waals surface area contributed by atoms with Crippen molar-refractivity contribution in [1.82, 2.24) is 4.98 Å². The molecule has 0 fully saturated rings. The Kier molecular flexibility index (Phi) is 4.00. The molecule has 0 aliphatic carbocycles. The zero-order valence-electron chi connectivity index (χ0n) is 8.22. The van der Waals surface area contributed by atoms with Gasteiger partial charge in [0.1, 0.15) is 6.10 Å². The lowest BCUT2D eigenvalue weighted by Gasteiger charge is -2.16. The number of aryl methyl sites for hydroxylation is 1. The first-order valence-electron chi connectivity index (χ1n) is 4.65. The molecular formula is C10H16N2O2. The minimum Gasteiger partial charge on any atom is -0.390 e. The molecule has 4 N–H and O–H groups in total. The summed E-state index contributed by atoms with van der Waals surface area (Å²) < 4.78 is 0. The fourth-order valence-electron chi connectivity index (χ4n) is 1.25. The minimum atomic E-state index is -0.946. The van der Waals surface area contributed by atoms with Gasteiger partial charge in [-0.05, 0) is 32.0 Å². The first-order valence-corrected chi connectivity index (χ1v) is 4.65. The zero-order valence-corrected chi connectivity index (χ0v) is 8.22. The largest absolute Gasteiger partial charge is 0.390 e. The quantitative estimate of drug-likeness (QED) is 0.639. The van der Waals surface area contributed by atoms with E-state index in [0.29, 0.717) is 18.7 Å². The third kappa shape index (κ3) is 2.77. The Morgan fingerprint density at radius 2 is 2.14 bits per heavy atom. The lowest BCUT2D eigenvalue weighted by molar-refractivity contribution is 0.0124. The van der Waals surface area contributed by atoms with Crippen molar-refractivity contribution in [2.45, 2.75) is 25.6 Å². The molecule has 14 heavy (non-hydrogen) atoms. The molecule has 78 valence electrons. The minimum absolute atomic E-state index is 0.351. The Labute approximate surface area is 83.4 Å². The Bertz CT molecular complexity index is 291. The van der Waals surface area contributed by atoms with Gasteiger partial charge in [-0.25, -0.2) is 0 Å². The molecule has 2 unspecified atom stereocenters. The van der Waals surface area contributed by atoms with Crippen LogP contribution < -0.4 is 5.73 Å². The number of nitrogens with two attached hydrogens (primary N) is 1. The van der Waals surface area contributed by atoms with E-state index in [1.54, 1.807) is 12.1 Å². The van der Waals surface area contributed by atoms with Gasteiger partial charge in [0.25, 0.3) is 0 Å². The van der Waals surface area contributed by atoms with Gasteiger partial charge in [-0.15, -0.1) is 0 Å². The number of nitrogens with zero attached hydrogens (tertiary/aromatic N) is 1. The first kappa shape index (κ1) is 11.1. The Morgan fingerprint density at radius 3 is 2.71 bits per heavy atom. The van der Waals surface area contributed by atoms with Crippen LogP contribution in [-0.4, -0.2) is 27.8 Å². The van der Waals surface area contributed by atoms with E-state index >= 15 is 0 Å². The van der Waals surface area contributed by atoms with Crippen molar-refractivity contribution in [2.75, 3.05) is 6.54 Å². The fourth-order valence-corrected chi connectivity index (χ4v) is 1.25. The summed E-state index contributed by atoms with van der Waals surface area (Å²) in [6, 6.07) is 5.33. The van der Waals surface area contributed by atoms with Gasteiger partial charge in [0.2, 0.25) is 0 Å². The summed E-state index contributed by atoms with van der Waals surface area (Å²) >= 11 is 0. The number of pyridine rings is 1. The van der Waals surface area contributed by atoms with Gasteiger partial charge in [-0.3, -0.25) is 4.98 Å². The molecule has 1 heterocycles. The van der Waals surface area contributed by atoms with Crippen molar-refractivity contribution >= 4 is 0 Å². The normalized spacial score (nSPS) is 15.1. The van der Waals surface area contributed by atoms with Crippen LogP contribution in [0.15, 0.2) is 18.2 Å². The number of aromatic nitrogens is 1. The van der Waals surface area contributed by atoms with Crippen molar-refractivity contribution in [3.05, 3.63) is 29.6 Å². The standard InChI is InChI=1S/C10H16N2O2/c1-7-3-2-4-8(12-7)10(14)9(13)5-6-11/h2-4,9-10,13-14H,5-6,11H2,1H3. The van der Waals surface area contributed by atoms with Crippen molar-refractivity contribution in [2.24, 2.45) is 5.73 Å². The smallest absolute Gasteiger partial charge is 0.122 e. The van der Waals surface area contributed by atoms with E-state index in [4.69, 9.17) is 5.73 Å². The average Bonchev–Trinajstić information content (AvgIpc) is 2.17. The van der Waals surface area contributed by atoms with E-state index in [-0.39, 0.29) is 0 Å². The predicted octanol–water partition coefficient (Wildman–Crippen LogP) is 0.133. The number of hydrogen-bond donors (Lipinski definition) is 3. The second kappa shape index (κ2) is 5.05. The molecule has 0 aliphatic heterocycles. The van der Waals surface area contributed by atoms with Gasteiger partial charge in [-0.1, -0.05) is 6.07 Å². The van der Waals surface area contributed by atoms with Crippen LogP contribution in [0.3, 0.4) is 0 Å². The van der Waals surface area contributed by atoms with E-state index in [0.717, 1.165) is 5.69 Å². The molecular weight excluding hydrogens is 180 g/mol. The molecule has 0 saturated carbocycles. The van der Waals surface area contributed by atoms with Crippen LogP contribution in [0.4, 0.5) is 0 Å². The van der Waals surface area contributed by atoms with Crippen molar-refractivity contribution in [3.8, 4) is 0 Å². The van der Waals surface area contributed by atoms with Gasteiger partial charge in [0.15, 0.2) is 0 Å². The fraction of sp³-hybridized carbons (Fsp3) is 0.500. The second-order valence-corrected chi connectivity index (χ2v) is 3.29. The van der Waals surface area contributed by atoms with Crippen LogP contribution in [0, 0.1) is 6.92 Å². The highest BCUT2D eigenvalue weighted by Gasteiger charge is 2.18. The molecule has 0 saturated heterocycles. The van der Waals surface area contributed by atoms with E-state index < -0.39 is 12.2 Å². The summed E-state index contributed by atoms with van der Waals surface area (Å²) in [7, 11) is 0. The lowest BCUT2D eigenvalue weighted by Crippen LogP contribution is -2.22. The van der Waals surface area contributed by atoms with E-state index in [9.17, 15) is 10.2 Å². The molecule has 1 rings (SSSR count). The Balaban J connectivity index is 2.73. The summed E-state index contributed by atoms with van der Waals surface area (Å²) in [5.74, 6) is 0. The number of hydrogen-bond acceptors (Lipinski definition) is 4. The Hall–Kier alpha value is -0.970. The highest BCUT2D eigenvalue weighted by atomic mass is 16.3. The maximum absolute atomic E-state index is 9.68. The summed E-state index contributed by atoms with van der Waals surface area (Å²) in [4.78, 5) is 4.13. The molecule has 4 heteroatoms. The van der Waals surface area contributed by atoms with Crippen molar-refractivity contribution in [1.29, 1.82) is 0 Å². The molecule has 0 aromatic carbocycles. The zero-order chi connectivity index (χ0) is 10.6. The SMILES string of the molecule is Cc1cccc(C(O)C(O)CCN)n1. The molecule has 0 radical (unpaired) electrons. The predicted molar refractivity (Wildman–Crippen MR) is 53.6 cm³/mol. The van der Waals surface area contributed by atoms with Gasteiger partial charge in [0.05, 0.1) is 11.8 Å². The number of rotatable bonds is 4. The maximum Gasteiger partial charge on any atom is 0.122 e. The molecule has 4 nitrogen and oxygen atoms in total. The first-order chi connectivity index (χ1) is 6.65. The van der Waals surface area contributed by atoms with Crippen molar-refractivity contribution in [3.63, 3.8) is 0 Å². The number of aliphatic hydroxyl groups is 2. The van der Waals surface area contributed by atoms with E-state index in [2.05, 4.69) is 4.98 Å². The molecule has 0 spiro atoms. The van der Waals surface area contributed by atoms with Crippen molar-refractivity contribution < 1.29 is 10.2 Å². The summed E-state index contributed by atoms with van der Waals surface area (Å²) in [5, 5.41) is 19.2. The van der Waals surface area contributed by atoms with E-state index in [1.807, 2.05) is 13.0 Å². The monoisotopic (exact) mass is 196 g/mol. The van der Waals surface area contributed by atoms with Gasteiger partial charge in [-0.2, -0.15) is 0 Å². The van der Waals surface area contributed by atoms with Crippen LogP contribution in [0.1, 0.15) is 23.9 Å². The van der Waals surface area contributed by atoms with Gasteiger partial charge < -0.3 is 15.9 Å². The summed E-state index contributed by atoms with van der Waals surface area (Å²) in [6.45, 7) is 2.19.